The minimum Gasteiger partial charge on any atom is -0.244 e. The predicted molar refractivity (Wildman–Crippen MR) is 39.3 cm³/mol. The van der Waals surface area contributed by atoms with Crippen molar-refractivity contribution in [3.8, 4) is 0 Å². The first kappa shape index (κ1) is 8.52. The molecule has 0 fully saturated rings. The summed E-state index contributed by atoms with van der Waals surface area (Å²) in [6, 6.07) is 0. The van der Waals surface area contributed by atoms with Crippen molar-refractivity contribution in [1.82, 2.24) is 9.97 Å². The maximum absolute atomic E-state index is 12.6. The molecule has 0 unspecified atom stereocenters. The molecule has 11 heavy (non-hydrogen) atoms. The molecule has 0 amide bonds. The lowest BCUT2D eigenvalue weighted by Gasteiger charge is -2.09. The molecule has 0 atom stereocenters. The first-order valence-corrected chi connectivity index (χ1v) is 3.65. The van der Waals surface area contributed by atoms with Crippen molar-refractivity contribution in [3.63, 3.8) is 0 Å². The normalized spacial score (nSPS) is 11.6. The number of nitrogens with zero attached hydrogens (tertiary/aromatic N) is 2. The van der Waals surface area contributed by atoms with Crippen molar-refractivity contribution in [2.24, 2.45) is 0 Å². The SMILES string of the molecule is CC(F)(F)c1ncncc1Br. The van der Waals surface area contributed by atoms with Gasteiger partial charge in [0.15, 0.2) is 0 Å². The lowest BCUT2D eigenvalue weighted by molar-refractivity contribution is 0.0117. The zero-order chi connectivity index (χ0) is 8.48. The topological polar surface area (TPSA) is 25.8 Å². The van der Waals surface area contributed by atoms with Crippen LogP contribution in [0, 0.1) is 0 Å². The molecule has 0 aliphatic heterocycles. The second-order valence-corrected chi connectivity index (χ2v) is 2.96. The van der Waals surface area contributed by atoms with E-state index in [4.69, 9.17) is 0 Å². The molecule has 0 aliphatic rings. The van der Waals surface area contributed by atoms with Gasteiger partial charge < -0.3 is 0 Å². The van der Waals surface area contributed by atoms with E-state index in [9.17, 15) is 8.78 Å². The van der Waals surface area contributed by atoms with Gasteiger partial charge in [0.1, 0.15) is 12.0 Å². The van der Waals surface area contributed by atoms with Crippen molar-refractivity contribution in [3.05, 3.63) is 22.7 Å². The molecule has 0 saturated heterocycles. The standard InChI is InChI=1S/C6H5BrF2N2/c1-6(8,9)5-4(7)2-10-3-11-5/h2-3H,1H3. The Morgan fingerprint density at radius 2 is 2.18 bits per heavy atom. The molecule has 1 aromatic heterocycles. The van der Waals surface area contributed by atoms with E-state index in [0.29, 0.717) is 0 Å². The minimum atomic E-state index is -2.91. The van der Waals surface area contributed by atoms with E-state index in [-0.39, 0.29) is 10.2 Å². The van der Waals surface area contributed by atoms with E-state index in [0.717, 1.165) is 13.3 Å². The molecule has 0 radical (unpaired) electrons. The molecule has 1 rings (SSSR count). The van der Waals surface area contributed by atoms with Crippen LogP contribution in [-0.4, -0.2) is 9.97 Å². The Kier molecular flexibility index (Phi) is 2.17. The minimum absolute atomic E-state index is 0.229. The van der Waals surface area contributed by atoms with Crippen molar-refractivity contribution in [1.29, 1.82) is 0 Å². The van der Waals surface area contributed by atoms with Gasteiger partial charge in [-0.15, -0.1) is 0 Å². The lowest BCUT2D eigenvalue weighted by atomic mass is 10.3. The maximum Gasteiger partial charge on any atom is 0.288 e. The zero-order valence-electron chi connectivity index (χ0n) is 5.68. The molecule has 0 bridgehead atoms. The Hall–Kier alpha value is -0.580. The number of hydrogen-bond acceptors (Lipinski definition) is 2. The molecule has 5 heteroatoms. The second-order valence-electron chi connectivity index (χ2n) is 2.11. The zero-order valence-corrected chi connectivity index (χ0v) is 7.27. The summed E-state index contributed by atoms with van der Waals surface area (Å²) in [6.07, 6.45) is 2.39. The number of rotatable bonds is 1. The Morgan fingerprint density at radius 3 is 2.55 bits per heavy atom. The highest BCUT2D eigenvalue weighted by molar-refractivity contribution is 9.10. The summed E-state index contributed by atoms with van der Waals surface area (Å²) in [5.41, 5.74) is -0.285. The molecule has 0 aliphatic carbocycles. The largest absolute Gasteiger partial charge is 0.288 e. The number of hydrogen-bond donors (Lipinski definition) is 0. The quantitative estimate of drug-likeness (QED) is 0.730. The molecule has 0 N–H and O–H groups in total. The van der Waals surface area contributed by atoms with Crippen LogP contribution in [0.25, 0.3) is 0 Å². The average Bonchev–Trinajstić information content (AvgIpc) is 1.86. The highest BCUT2D eigenvalue weighted by atomic mass is 79.9. The van der Waals surface area contributed by atoms with Gasteiger partial charge in [0.2, 0.25) is 0 Å². The summed E-state index contributed by atoms with van der Waals surface area (Å²) in [5.74, 6) is -2.91. The Labute approximate surface area is 70.8 Å². The van der Waals surface area contributed by atoms with E-state index in [2.05, 4.69) is 25.9 Å². The Morgan fingerprint density at radius 1 is 1.55 bits per heavy atom. The van der Waals surface area contributed by atoms with Gasteiger partial charge in [0.05, 0.1) is 4.47 Å². The third-order valence-electron chi connectivity index (χ3n) is 1.08. The molecule has 0 saturated carbocycles. The molecule has 0 spiro atoms. The van der Waals surface area contributed by atoms with Crippen LogP contribution in [0.3, 0.4) is 0 Å². The first-order valence-electron chi connectivity index (χ1n) is 2.85. The van der Waals surface area contributed by atoms with Crippen LogP contribution in [0.1, 0.15) is 12.6 Å². The van der Waals surface area contributed by atoms with Crippen LogP contribution in [0.2, 0.25) is 0 Å². The molecule has 0 aromatic carbocycles. The van der Waals surface area contributed by atoms with Crippen molar-refractivity contribution in [2.45, 2.75) is 12.8 Å². The highest BCUT2D eigenvalue weighted by Gasteiger charge is 2.28. The second kappa shape index (κ2) is 2.81. The summed E-state index contributed by atoms with van der Waals surface area (Å²) < 4.78 is 25.4. The van der Waals surface area contributed by atoms with Crippen molar-refractivity contribution >= 4 is 15.9 Å². The van der Waals surface area contributed by atoms with Crippen LogP contribution >= 0.6 is 15.9 Å². The van der Waals surface area contributed by atoms with E-state index in [1.807, 2.05) is 0 Å². The van der Waals surface area contributed by atoms with Gasteiger partial charge in [-0.3, -0.25) is 0 Å². The molecule has 60 valence electrons. The highest BCUT2D eigenvalue weighted by Crippen LogP contribution is 2.29. The molecule has 1 heterocycles. The maximum atomic E-state index is 12.6. The Bertz CT molecular complexity index is 259. The van der Waals surface area contributed by atoms with Crippen LogP contribution < -0.4 is 0 Å². The van der Waals surface area contributed by atoms with Gasteiger partial charge in [-0.05, 0) is 15.9 Å². The van der Waals surface area contributed by atoms with Crippen LogP contribution in [0.15, 0.2) is 17.0 Å². The van der Waals surface area contributed by atoms with Gasteiger partial charge >= 0.3 is 0 Å². The summed E-state index contributed by atoms with van der Waals surface area (Å²) >= 11 is 2.93. The van der Waals surface area contributed by atoms with Gasteiger partial charge in [0.25, 0.3) is 5.92 Å². The average molecular weight is 223 g/mol. The first-order chi connectivity index (χ1) is 5.02. The monoisotopic (exact) mass is 222 g/mol. The lowest BCUT2D eigenvalue weighted by Crippen LogP contribution is -2.10. The summed E-state index contributed by atoms with van der Waals surface area (Å²) in [5, 5.41) is 0. The summed E-state index contributed by atoms with van der Waals surface area (Å²) in [6.45, 7) is 0.792. The third-order valence-corrected chi connectivity index (χ3v) is 1.66. The van der Waals surface area contributed by atoms with Gasteiger partial charge in [-0.1, -0.05) is 0 Å². The van der Waals surface area contributed by atoms with E-state index in [1.165, 1.54) is 6.20 Å². The van der Waals surface area contributed by atoms with E-state index < -0.39 is 5.92 Å². The van der Waals surface area contributed by atoms with Gasteiger partial charge in [-0.2, -0.15) is 8.78 Å². The number of halogens is 3. The number of aromatic nitrogens is 2. The molecule has 1 aromatic rings. The van der Waals surface area contributed by atoms with E-state index >= 15 is 0 Å². The van der Waals surface area contributed by atoms with Crippen LogP contribution in [0.5, 0.6) is 0 Å². The Balaban J connectivity index is 3.14. The van der Waals surface area contributed by atoms with Crippen LogP contribution in [-0.2, 0) is 5.92 Å². The van der Waals surface area contributed by atoms with Crippen LogP contribution in [0.4, 0.5) is 8.78 Å². The summed E-state index contributed by atoms with van der Waals surface area (Å²) in [4.78, 5) is 7.01. The molecular formula is C6H5BrF2N2. The third kappa shape index (κ3) is 1.92. The molecule has 2 nitrogen and oxygen atoms in total. The van der Waals surface area contributed by atoms with Gasteiger partial charge in [-0.25, -0.2) is 9.97 Å². The fraction of sp³-hybridized carbons (Fsp3) is 0.333. The smallest absolute Gasteiger partial charge is 0.244 e. The fourth-order valence-corrected chi connectivity index (χ4v) is 1.20. The summed E-state index contributed by atoms with van der Waals surface area (Å²) in [7, 11) is 0. The fourth-order valence-electron chi connectivity index (χ4n) is 0.636. The molecular weight excluding hydrogens is 218 g/mol. The number of alkyl halides is 2. The van der Waals surface area contributed by atoms with Gasteiger partial charge in [0, 0.05) is 13.1 Å². The predicted octanol–water partition coefficient (Wildman–Crippen LogP) is 2.35. The van der Waals surface area contributed by atoms with Crippen molar-refractivity contribution in [2.75, 3.05) is 0 Å². The van der Waals surface area contributed by atoms with Crippen molar-refractivity contribution < 1.29 is 8.78 Å². The van der Waals surface area contributed by atoms with E-state index in [1.54, 1.807) is 0 Å².